The largest absolute Gasteiger partial charge is 0.331 e. The van der Waals surface area contributed by atoms with Crippen LogP contribution in [0.1, 0.15) is 35.2 Å². The molecule has 1 aliphatic heterocycles. The van der Waals surface area contributed by atoms with Gasteiger partial charge in [-0.15, -0.1) is 0 Å². The van der Waals surface area contributed by atoms with E-state index in [1.54, 1.807) is 25.2 Å². The normalized spacial score (nSPS) is 18.4. The van der Waals surface area contributed by atoms with E-state index in [-0.39, 0.29) is 27.4 Å². The first-order chi connectivity index (χ1) is 15.6. The molecule has 3 aromatic rings. The third-order valence-electron chi connectivity index (χ3n) is 5.77. The lowest BCUT2D eigenvalue weighted by Gasteiger charge is -2.17. The number of carbonyl (C=O) groups excluding carboxylic acids is 1. The zero-order valence-corrected chi connectivity index (χ0v) is 19.5. The summed E-state index contributed by atoms with van der Waals surface area (Å²) in [6, 6.07) is 20.8. The van der Waals surface area contributed by atoms with Gasteiger partial charge in [-0.1, -0.05) is 42.5 Å². The predicted octanol–water partition coefficient (Wildman–Crippen LogP) is 4.39. The highest BCUT2D eigenvalue weighted by Crippen LogP contribution is 2.28. The quantitative estimate of drug-likeness (QED) is 0.470. The van der Waals surface area contributed by atoms with Crippen LogP contribution in [0.2, 0.25) is 0 Å². The first kappa shape index (κ1) is 23.0. The number of hydrogen-bond acceptors (Lipinski definition) is 4. The van der Waals surface area contributed by atoms with Gasteiger partial charge in [0, 0.05) is 16.8 Å². The second-order valence-corrected chi connectivity index (χ2v) is 10.8. The van der Waals surface area contributed by atoms with Crippen LogP contribution in [0, 0.1) is 0 Å². The molecule has 2 amide bonds. The molecule has 0 bridgehead atoms. The van der Waals surface area contributed by atoms with Gasteiger partial charge in [-0.3, -0.25) is 0 Å². The highest BCUT2D eigenvalue weighted by molar-refractivity contribution is 7.90. The molecule has 33 heavy (non-hydrogen) atoms. The van der Waals surface area contributed by atoms with Crippen molar-refractivity contribution in [1.29, 1.82) is 0 Å². The summed E-state index contributed by atoms with van der Waals surface area (Å²) < 4.78 is 25.7. The van der Waals surface area contributed by atoms with Crippen LogP contribution in [-0.2, 0) is 28.7 Å². The van der Waals surface area contributed by atoms with Crippen molar-refractivity contribution in [2.24, 2.45) is 0 Å². The van der Waals surface area contributed by atoms with Crippen LogP contribution < -0.4 is 10.6 Å². The van der Waals surface area contributed by atoms with E-state index in [4.69, 9.17) is 0 Å². The Hall–Kier alpha value is -3.20. The Morgan fingerprint density at radius 3 is 2.36 bits per heavy atom. The molecule has 0 radical (unpaired) electrons. The summed E-state index contributed by atoms with van der Waals surface area (Å²) in [5.74, 6) is -0.128. The molecule has 8 heteroatoms. The van der Waals surface area contributed by atoms with Crippen molar-refractivity contribution in [3.63, 3.8) is 0 Å². The zero-order chi connectivity index (χ0) is 23.6. The number of carbonyl (C=O) groups is 1. The van der Waals surface area contributed by atoms with Gasteiger partial charge in [0.15, 0.2) is 9.84 Å². The number of nitrogens with zero attached hydrogens (tertiary/aromatic N) is 1. The van der Waals surface area contributed by atoms with Crippen LogP contribution in [0.5, 0.6) is 0 Å². The minimum Gasteiger partial charge on any atom is -0.331 e. The molecule has 0 saturated heterocycles. The smallest absolute Gasteiger partial charge is 0.319 e. The molecule has 4 rings (SSSR count). The van der Waals surface area contributed by atoms with Crippen molar-refractivity contribution in [3.05, 3.63) is 95.1 Å². The Morgan fingerprint density at radius 1 is 1.00 bits per heavy atom. The third-order valence-corrected chi connectivity index (χ3v) is 7.47. The fourth-order valence-electron chi connectivity index (χ4n) is 4.10. The fourth-order valence-corrected chi connectivity index (χ4v) is 5.43. The maximum atomic E-state index is 12.9. The van der Waals surface area contributed by atoms with Crippen LogP contribution in [0.4, 0.5) is 10.5 Å². The molecular weight excluding hydrogens is 438 g/mol. The summed E-state index contributed by atoms with van der Waals surface area (Å²) >= 11 is 0. The van der Waals surface area contributed by atoms with E-state index >= 15 is 0 Å². The molecule has 1 heterocycles. The summed E-state index contributed by atoms with van der Waals surface area (Å²) in [7, 11) is -1.82. The molecule has 0 aliphatic carbocycles. The van der Waals surface area contributed by atoms with Crippen molar-refractivity contribution >= 4 is 21.6 Å². The lowest BCUT2D eigenvalue weighted by molar-refractivity contribution is -1.10. The Morgan fingerprint density at radius 2 is 1.67 bits per heavy atom. The number of hydroxylamine groups is 3. The monoisotopic (exact) mass is 466 g/mol. The highest BCUT2D eigenvalue weighted by atomic mass is 32.2. The second-order valence-electron chi connectivity index (χ2n) is 8.77. The molecule has 0 spiro atoms. The molecule has 2 atom stereocenters. The van der Waals surface area contributed by atoms with Gasteiger partial charge in [-0.25, -0.2) is 18.4 Å². The number of fused-ring (bicyclic) bond motifs is 1. The van der Waals surface area contributed by atoms with Gasteiger partial charge >= 0.3 is 6.03 Å². The number of hydrogen-bond donors (Lipinski definition) is 3. The molecule has 7 nitrogen and oxygen atoms in total. The number of anilines is 1. The van der Waals surface area contributed by atoms with E-state index in [0.717, 1.165) is 16.7 Å². The van der Waals surface area contributed by atoms with Gasteiger partial charge in [-0.2, -0.15) is 4.65 Å². The summed E-state index contributed by atoms with van der Waals surface area (Å²) in [6.07, 6.45) is 0. The number of quaternary nitrogens is 1. The van der Waals surface area contributed by atoms with Crippen molar-refractivity contribution in [2.75, 3.05) is 12.4 Å². The minimum absolute atomic E-state index is 0.113. The van der Waals surface area contributed by atoms with Crippen LogP contribution in [-0.4, -0.2) is 31.4 Å². The first-order valence-corrected chi connectivity index (χ1v) is 12.4. The average Bonchev–Trinajstić information content (AvgIpc) is 3.07. The molecule has 0 saturated carbocycles. The van der Waals surface area contributed by atoms with E-state index in [1.807, 2.05) is 49.4 Å². The molecule has 0 aromatic heterocycles. The van der Waals surface area contributed by atoms with Gasteiger partial charge in [0.05, 0.1) is 23.7 Å². The Labute approximate surface area is 194 Å². The van der Waals surface area contributed by atoms with Crippen LogP contribution >= 0.6 is 0 Å². The first-order valence-electron chi connectivity index (χ1n) is 10.7. The van der Waals surface area contributed by atoms with Crippen molar-refractivity contribution < 1.29 is 23.1 Å². The molecular formula is C25H28N3O4S+. The van der Waals surface area contributed by atoms with Crippen LogP contribution in [0.15, 0.2) is 77.7 Å². The molecule has 2 unspecified atom stereocenters. The van der Waals surface area contributed by atoms with Gasteiger partial charge < -0.3 is 10.6 Å². The zero-order valence-electron chi connectivity index (χ0n) is 18.7. The summed E-state index contributed by atoms with van der Waals surface area (Å²) in [5.41, 5.74) is 4.19. The van der Waals surface area contributed by atoms with Gasteiger partial charge in [0.2, 0.25) is 0 Å². The van der Waals surface area contributed by atoms with Gasteiger partial charge in [0.1, 0.15) is 13.1 Å². The average molecular weight is 467 g/mol. The number of rotatable bonds is 6. The van der Waals surface area contributed by atoms with Crippen molar-refractivity contribution in [1.82, 2.24) is 5.32 Å². The van der Waals surface area contributed by atoms with Crippen molar-refractivity contribution in [2.45, 2.75) is 36.7 Å². The SMILES string of the molecule is CC(NC(=O)Nc1ccc(S(=O)(=O)Cc2ccc3c(c2)C[N+](C)(O)C3)cc1)c1ccccc1. The fraction of sp³-hybridized carbons (Fsp3) is 0.240. The molecule has 0 fully saturated rings. The van der Waals surface area contributed by atoms with Gasteiger partial charge in [-0.05, 0) is 48.4 Å². The highest BCUT2D eigenvalue weighted by Gasteiger charge is 2.31. The topological polar surface area (TPSA) is 95.5 Å². The van der Waals surface area contributed by atoms with Crippen LogP contribution in [0.3, 0.4) is 0 Å². The van der Waals surface area contributed by atoms with E-state index in [1.165, 1.54) is 12.1 Å². The lowest BCUT2D eigenvalue weighted by Crippen LogP contribution is -2.33. The van der Waals surface area contributed by atoms with E-state index < -0.39 is 9.84 Å². The number of sulfone groups is 1. The molecule has 3 aromatic carbocycles. The number of nitrogens with one attached hydrogen (secondary N) is 2. The summed E-state index contributed by atoms with van der Waals surface area (Å²) in [4.78, 5) is 12.5. The maximum absolute atomic E-state index is 12.9. The predicted molar refractivity (Wildman–Crippen MR) is 126 cm³/mol. The maximum Gasteiger partial charge on any atom is 0.319 e. The van der Waals surface area contributed by atoms with Crippen molar-refractivity contribution in [3.8, 4) is 0 Å². The standard InChI is InChI=1S/C25H27N3O4S/c1-18(20-6-4-3-5-7-20)26-25(29)27-23-10-12-24(13-11-23)33(31,32)17-19-8-9-21-15-28(2,30)16-22(21)14-19/h3-14,18,30H,15-17H2,1-2H3,(H-,26,27,29)/p+1. The van der Waals surface area contributed by atoms with Gasteiger partial charge in [0.25, 0.3) is 0 Å². The lowest BCUT2D eigenvalue weighted by atomic mass is 10.1. The summed E-state index contributed by atoms with van der Waals surface area (Å²) in [5, 5.41) is 15.8. The number of amides is 2. The van der Waals surface area contributed by atoms with E-state index in [9.17, 15) is 18.4 Å². The third kappa shape index (κ3) is 5.60. The Balaban J connectivity index is 1.39. The molecule has 1 aliphatic rings. The molecule has 172 valence electrons. The van der Waals surface area contributed by atoms with E-state index in [2.05, 4.69) is 10.6 Å². The van der Waals surface area contributed by atoms with Crippen LogP contribution in [0.25, 0.3) is 0 Å². The Kier molecular flexibility index (Phi) is 6.25. The number of benzene rings is 3. The second kappa shape index (κ2) is 8.97. The minimum atomic E-state index is -3.56. The summed E-state index contributed by atoms with van der Waals surface area (Å²) in [6.45, 7) is 2.88. The van der Waals surface area contributed by atoms with E-state index in [0.29, 0.717) is 24.3 Å². The number of urea groups is 1. The Bertz CT molecular complexity index is 1260. The molecule has 3 N–H and O–H groups in total.